The van der Waals surface area contributed by atoms with Gasteiger partial charge < -0.3 is 19.5 Å². The highest BCUT2D eigenvalue weighted by atomic mass is 16.5. The average molecular weight is 549 g/mol. The summed E-state index contributed by atoms with van der Waals surface area (Å²) in [7, 11) is 1.92. The number of aromatic nitrogens is 3. The smallest absolute Gasteiger partial charge is 0.251 e. The number of rotatable bonds is 7. The van der Waals surface area contributed by atoms with Gasteiger partial charge in [0.15, 0.2) is 0 Å². The van der Waals surface area contributed by atoms with Crippen LogP contribution in [0.2, 0.25) is 0 Å². The lowest BCUT2D eigenvalue weighted by atomic mass is 9.88. The van der Waals surface area contributed by atoms with E-state index in [1.807, 2.05) is 78.7 Å². The van der Waals surface area contributed by atoms with E-state index >= 15 is 0 Å². The number of piperidine rings is 1. The number of imidazole rings is 1. The minimum absolute atomic E-state index is 0.0391. The topological polar surface area (TPSA) is 112 Å². The number of hydrogen-bond donors (Lipinski definition) is 1. The zero-order chi connectivity index (χ0) is 28.4. The molecule has 2 aromatic heterocycles. The minimum Gasteiger partial charge on any atom is -0.486 e. The van der Waals surface area contributed by atoms with Crippen molar-refractivity contribution in [2.24, 2.45) is 18.1 Å². The Kier molecular flexibility index (Phi) is 7.01. The molecule has 10 heteroatoms. The maximum Gasteiger partial charge on any atom is 0.251 e. The Hall–Kier alpha value is -4.91. The molecule has 0 spiro atoms. The van der Waals surface area contributed by atoms with Gasteiger partial charge in [-0.1, -0.05) is 18.2 Å². The first-order valence-corrected chi connectivity index (χ1v) is 13.7. The molecular formula is C31H32N8O2. The van der Waals surface area contributed by atoms with Crippen molar-refractivity contribution in [1.29, 1.82) is 5.26 Å². The van der Waals surface area contributed by atoms with Gasteiger partial charge in [-0.05, 0) is 61.2 Å². The van der Waals surface area contributed by atoms with Crippen molar-refractivity contribution in [2.45, 2.75) is 38.0 Å². The van der Waals surface area contributed by atoms with E-state index in [1.54, 1.807) is 17.6 Å². The molecule has 1 saturated heterocycles. The molecule has 3 aromatic rings. The SMILES string of the molecule is Cn1cnc(COC2=CN3N=CC(C#N)C3C(c3ccc(N4CCC(C)(NC(=O)c5ccccc5)CC4)nc3)=C2)c1. The number of nitriles is 1. The van der Waals surface area contributed by atoms with Crippen LogP contribution in [0.1, 0.15) is 41.4 Å². The summed E-state index contributed by atoms with van der Waals surface area (Å²) in [5.74, 6) is 1.12. The fourth-order valence-corrected chi connectivity index (χ4v) is 5.49. The quantitative estimate of drug-likeness (QED) is 0.477. The van der Waals surface area contributed by atoms with Crippen LogP contribution >= 0.6 is 0 Å². The number of nitrogens with zero attached hydrogens (tertiary/aromatic N) is 7. The number of pyridine rings is 1. The van der Waals surface area contributed by atoms with E-state index in [0.717, 1.165) is 48.6 Å². The van der Waals surface area contributed by atoms with Gasteiger partial charge in [-0.15, -0.1) is 0 Å². The molecule has 0 aliphatic carbocycles. The highest BCUT2D eigenvalue weighted by Crippen LogP contribution is 2.36. The Balaban J connectivity index is 1.14. The third-order valence-corrected chi connectivity index (χ3v) is 7.88. The molecule has 3 aliphatic rings. The zero-order valence-corrected chi connectivity index (χ0v) is 23.1. The molecule has 0 radical (unpaired) electrons. The number of amides is 1. The van der Waals surface area contributed by atoms with Gasteiger partial charge in [-0.25, -0.2) is 9.97 Å². The Bertz CT molecular complexity index is 1540. The Morgan fingerprint density at radius 1 is 1.17 bits per heavy atom. The summed E-state index contributed by atoms with van der Waals surface area (Å²) in [5, 5.41) is 19.2. The lowest BCUT2D eigenvalue weighted by molar-refractivity contribution is 0.0891. The lowest BCUT2D eigenvalue weighted by Gasteiger charge is -2.40. The van der Waals surface area contributed by atoms with Crippen LogP contribution in [0.15, 0.2) is 84.3 Å². The predicted molar refractivity (Wildman–Crippen MR) is 155 cm³/mol. The maximum absolute atomic E-state index is 12.7. The number of aryl methyl sites for hydroxylation is 1. The van der Waals surface area contributed by atoms with Crippen molar-refractivity contribution < 1.29 is 9.53 Å². The van der Waals surface area contributed by atoms with Crippen molar-refractivity contribution in [1.82, 2.24) is 24.9 Å². The van der Waals surface area contributed by atoms with Gasteiger partial charge in [0.2, 0.25) is 0 Å². The molecule has 2 unspecified atom stereocenters. The van der Waals surface area contributed by atoms with Crippen LogP contribution in [0.5, 0.6) is 0 Å². The Morgan fingerprint density at radius 3 is 2.66 bits per heavy atom. The van der Waals surface area contributed by atoms with Gasteiger partial charge in [-0.2, -0.15) is 10.4 Å². The first-order valence-electron chi connectivity index (χ1n) is 13.7. The summed E-state index contributed by atoms with van der Waals surface area (Å²) in [6.45, 7) is 4.02. The fraction of sp³-hybridized carbons (Fsp3) is 0.323. The molecule has 1 fully saturated rings. The van der Waals surface area contributed by atoms with Crippen molar-refractivity contribution in [3.8, 4) is 6.07 Å². The maximum atomic E-state index is 12.7. The molecule has 0 saturated carbocycles. The van der Waals surface area contributed by atoms with Crippen LogP contribution in [0.25, 0.3) is 5.57 Å². The zero-order valence-electron chi connectivity index (χ0n) is 23.1. The van der Waals surface area contributed by atoms with Gasteiger partial charge in [0.05, 0.1) is 30.3 Å². The molecule has 1 N–H and O–H groups in total. The molecule has 0 bridgehead atoms. The molecule has 1 aromatic carbocycles. The first-order chi connectivity index (χ1) is 19.9. The predicted octanol–water partition coefficient (Wildman–Crippen LogP) is 3.87. The van der Waals surface area contributed by atoms with Crippen LogP contribution in [0.4, 0.5) is 5.82 Å². The second-order valence-corrected chi connectivity index (χ2v) is 11.0. The lowest BCUT2D eigenvalue weighted by Crippen LogP contribution is -2.53. The number of hydrazone groups is 1. The monoisotopic (exact) mass is 548 g/mol. The summed E-state index contributed by atoms with van der Waals surface area (Å²) in [6.07, 6.45) is 12.6. The number of carbonyl (C=O) groups excluding carboxylic acids is 1. The third kappa shape index (κ3) is 5.57. The van der Waals surface area contributed by atoms with E-state index in [4.69, 9.17) is 9.72 Å². The second-order valence-electron chi connectivity index (χ2n) is 11.0. The van der Waals surface area contributed by atoms with E-state index in [2.05, 4.69) is 33.3 Å². The minimum atomic E-state index is -0.375. The number of carbonyl (C=O) groups is 1. The van der Waals surface area contributed by atoms with Gasteiger partial charge >= 0.3 is 0 Å². The molecule has 10 nitrogen and oxygen atoms in total. The van der Waals surface area contributed by atoms with Gasteiger partial charge in [0.1, 0.15) is 24.1 Å². The van der Waals surface area contributed by atoms with Crippen LogP contribution in [0, 0.1) is 17.2 Å². The van der Waals surface area contributed by atoms with Crippen LogP contribution < -0.4 is 10.2 Å². The molecular weight excluding hydrogens is 516 g/mol. The normalized spacial score (nSPS) is 21.0. The van der Waals surface area contributed by atoms with Gasteiger partial charge in [0.25, 0.3) is 5.91 Å². The van der Waals surface area contributed by atoms with Crippen molar-refractivity contribution in [2.75, 3.05) is 18.0 Å². The Morgan fingerprint density at radius 2 is 1.98 bits per heavy atom. The van der Waals surface area contributed by atoms with Crippen LogP contribution in [0.3, 0.4) is 0 Å². The van der Waals surface area contributed by atoms with E-state index in [0.29, 0.717) is 17.9 Å². The second kappa shape index (κ2) is 10.9. The standard InChI is InChI=1S/C31H32N8O2/c1-31(36-30(40)22-6-4-3-5-7-22)10-12-38(13-11-31)28-9-8-23(16-33-28)27-14-26(41-20-25-18-37(2)21-34-25)19-39-29(27)24(15-32)17-35-39/h3-9,14,16-19,21,24,29H,10-13,20H2,1-2H3,(H,36,40). The summed E-state index contributed by atoms with van der Waals surface area (Å²) in [6, 6.07) is 15.5. The molecule has 6 rings (SSSR count). The first kappa shape index (κ1) is 26.3. The highest BCUT2D eigenvalue weighted by Gasteiger charge is 2.37. The van der Waals surface area contributed by atoms with Crippen molar-refractivity contribution in [3.05, 3.63) is 96.0 Å². The van der Waals surface area contributed by atoms with Crippen LogP contribution in [-0.2, 0) is 18.4 Å². The van der Waals surface area contributed by atoms with E-state index in [-0.39, 0.29) is 23.4 Å². The molecule has 208 valence electrons. The van der Waals surface area contributed by atoms with E-state index in [1.165, 1.54) is 0 Å². The van der Waals surface area contributed by atoms with Crippen molar-refractivity contribution in [3.63, 3.8) is 0 Å². The van der Waals surface area contributed by atoms with Crippen LogP contribution in [-0.4, -0.2) is 56.3 Å². The molecule has 3 aliphatic heterocycles. The Labute approximate surface area is 239 Å². The number of allylic oxidation sites excluding steroid dienone is 1. The fourth-order valence-electron chi connectivity index (χ4n) is 5.49. The highest BCUT2D eigenvalue weighted by molar-refractivity contribution is 5.94. The van der Waals surface area contributed by atoms with E-state index < -0.39 is 0 Å². The average Bonchev–Trinajstić information content (AvgIpc) is 3.62. The third-order valence-electron chi connectivity index (χ3n) is 7.88. The number of nitrogens with one attached hydrogen (secondary N) is 1. The number of benzene rings is 1. The molecule has 41 heavy (non-hydrogen) atoms. The number of anilines is 1. The molecule has 5 heterocycles. The molecule has 2 atom stereocenters. The van der Waals surface area contributed by atoms with Crippen molar-refractivity contribution >= 4 is 23.5 Å². The number of fused-ring (bicyclic) bond motifs is 1. The molecule has 1 amide bonds. The largest absolute Gasteiger partial charge is 0.486 e. The number of ether oxygens (including phenoxy) is 1. The summed E-state index contributed by atoms with van der Waals surface area (Å²) < 4.78 is 7.94. The van der Waals surface area contributed by atoms with E-state index in [9.17, 15) is 10.1 Å². The summed E-state index contributed by atoms with van der Waals surface area (Å²) in [5.41, 5.74) is 3.08. The van der Waals surface area contributed by atoms with Gasteiger partial charge in [-0.3, -0.25) is 9.80 Å². The van der Waals surface area contributed by atoms with Gasteiger partial charge in [0, 0.05) is 49.8 Å². The summed E-state index contributed by atoms with van der Waals surface area (Å²) >= 11 is 0. The summed E-state index contributed by atoms with van der Waals surface area (Å²) in [4.78, 5) is 24.1. The number of hydrogen-bond acceptors (Lipinski definition) is 8.